The van der Waals surface area contributed by atoms with Gasteiger partial charge >= 0.3 is 5.97 Å². The number of carbonyl (C=O) groups is 2. The number of halogens is 2. The number of aliphatic carboxylic acids is 1. The predicted octanol–water partition coefficient (Wildman–Crippen LogP) is 3.07. The average Bonchev–Trinajstić information content (AvgIpc) is 2.70. The second-order valence-electron chi connectivity index (χ2n) is 5.18. The zero-order chi connectivity index (χ0) is 15.1. The molecule has 1 aliphatic carbocycles. The van der Waals surface area contributed by atoms with Gasteiger partial charge < -0.3 is 15.4 Å². The average molecular weight is 327 g/mol. The van der Waals surface area contributed by atoms with Crippen LogP contribution in [0.25, 0.3) is 10.9 Å². The van der Waals surface area contributed by atoms with E-state index in [1.807, 2.05) is 0 Å². The summed E-state index contributed by atoms with van der Waals surface area (Å²) >= 11 is 12.1. The van der Waals surface area contributed by atoms with Crippen LogP contribution in [-0.4, -0.2) is 28.0 Å². The smallest absolute Gasteiger partial charge is 0.306 e. The minimum absolute atomic E-state index is 0.121. The number of aromatic nitrogens is 1. The van der Waals surface area contributed by atoms with Crippen molar-refractivity contribution in [2.45, 2.75) is 18.9 Å². The van der Waals surface area contributed by atoms with Gasteiger partial charge in [-0.05, 0) is 31.0 Å². The minimum Gasteiger partial charge on any atom is -0.481 e. The Hall–Kier alpha value is -1.72. The molecular formula is C14H12Cl2N2O3. The van der Waals surface area contributed by atoms with Gasteiger partial charge in [0, 0.05) is 22.0 Å². The van der Waals surface area contributed by atoms with E-state index >= 15 is 0 Å². The maximum atomic E-state index is 12.2. The quantitative estimate of drug-likeness (QED) is 0.810. The van der Waals surface area contributed by atoms with E-state index in [0.717, 1.165) is 5.52 Å². The van der Waals surface area contributed by atoms with Gasteiger partial charge in [0.2, 0.25) is 0 Å². The topological polar surface area (TPSA) is 82.2 Å². The van der Waals surface area contributed by atoms with E-state index < -0.39 is 5.97 Å². The molecule has 1 amide bonds. The van der Waals surface area contributed by atoms with Crippen LogP contribution in [0.4, 0.5) is 0 Å². The Balaban J connectivity index is 1.76. The number of carboxylic acid groups (broad SMARTS) is 1. The lowest BCUT2D eigenvalue weighted by atomic mass is 9.80. The van der Waals surface area contributed by atoms with Crippen LogP contribution >= 0.6 is 23.2 Å². The molecule has 0 atom stereocenters. The Morgan fingerprint density at radius 2 is 2.00 bits per heavy atom. The molecule has 7 heteroatoms. The molecule has 3 N–H and O–H groups in total. The summed E-state index contributed by atoms with van der Waals surface area (Å²) in [5.41, 5.74) is 0.999. The van der Waals surface area contributed by atoms with Gasteiger partial charge in [-0.3, -0.25) is 9.59 Å². The second-order valence-corrected chi connectivity index (χ2v) is 6.00. The van der Waals surface area contributed by atoms with Crippen LogP contribution in [0.3, 0.4) is 0 Å². The number of rotatable bonds is 3. The number of benzene rings is 1. The molecular weight excluding hydrogens is 315 g/mol. The van der Waals surface area contributed by atoms with Crippen LogP contribution in [0.15, 0.2) is 18.2 Å². The highest BCUT2D eigenvalue weighted by molar-refractivity contribution is 6.39. The Kier molecular flexibility index (Phi) is 3.55. The van der Waals surface area contributed by atoms with Crippen LogP contribution in [0, 0.1) is 5.92 Å². The monoisotopic (exact) mass is 326 g/mol. The predicted molar refractivity (Wildman–Crippen MR) is 79.9 cm³/mol. The molecule has 1 saturated carbocycles. The maximum absolute atomic E-state index is 12.2. The molecule has 0 saturated heterocycles. The van der Waals surface area contributed by atoms with Crippen molar-refractivity contribution in [3.63, 3.8) is 0 Å². The van der Waals surface area contributed by atoms with E-state index in [1.54, 1.807) is 18.2 Å². The molecule has 1 fully saturated rings. The molecule has 3 rings (SSSR count). The third-order valence-electron chi connectivity index (χ3n) is 3.75. The van der Waals surface area contributed by atoms with Crippen LogP contribution < -0.4 is 5.32 Å². The minimum atomic E-state index is -0.821. The first-order valence-corrected chi connectivity index (χ1v) is 7.21. The van der Waals surface area contributed by atoms with Gasteiger partial charge in [0.25, 0.3) is 5.91 Å². The molecule has 0 bridgehead atoms. The van der Waals surface area contributed by atoms with Gasteiger partial charge in [-0.1, -0.05) is 23.2 Å². The number of carbonyl (C=O) groups excluding carboxylic acids is 1. The van der Waals surface area contributed by atoms with E-state index in [0.29, 0.717) is 28.3 Å². The van der Waals surface area contributed by atoms with Crippen molar-refractivity contribution in [1.82, 2.24) is 10.3 Å². The fourth-order valence-corrected chi connectivity index (χ4v) is 2.94. The lowest BCUT2D eigenvalue weighted by Gasteiger charge is -2.32. The molecule has 0 aliphatic heterocycles. The fraction of sp³-hybridized carbons (Fsp3) is 0.286. The number of carboxylic acids is 1. The summed E-state index contributed by atoms with van der Waals surface area (Å²) in [5.74, 6) is -1.52. The molecule has 1 heterocycles. The molecule has 2 aromatic rings. The van der Waals surface area contributed by atoms with Gasteiger partial charge in [0.05, 0.1) is 10.9 Å². The van der Waals surface area contributed by atoms with Gasteiger partial charge in [0.1, 0.15) is 5.69 Å². The van der Waals surface area contributed by atoms with E-state index in [4.69, 9.17) is 28.3 Å². The van der Waals surface area contributed by atoms with Gasteiger partial charge in [-0.25, -0.2) is 0 Å². The fourth-order valence-electron chi connectivity index (χ4n) is 2.48. The largest absolute Gasteiger partial charge is 0.481 e. The van der Waals surface area contributed by atoms with Gasteiger partial charge in [-0.15, -0.1) is 0 Å². The van der Waals surface area contributed by atoms with Crippen molar-refractivity contribution in [3.05, 3.63) is 33.9 Å². The summed E-state index contributed by atoms with van der Waals surface area (Å²) in [4.78, 5) is 25.9. The first kappa shape index (κ1) is 14.2. The van der Waals surface area contributed by atoms with Crippen LogP contribution in [0.1, 0.15) is 23.3 Å². The Morgan fingerprint density at radius 1 is 1.29 bits per heavy atom. The molecule has 110 valence electrons. The molecule has 1 aromatic heterocycles. The van der Waals surface area contributed by atoms with Gasteiger partial charge in [0.15, 0.2) is 0 Å². The highest BCUT2D eigenvalue weighted by atomic mass is 35.5. The summed E-state index contributed by atoms with van der Waals surface area (Å²) in [6, 6.07) is 5.03. The first-order valence-electron chi connectivity index (χ1n) is 6.46. The van der Waals surface area contributed by atoms with E-state index in [-0.39, 0.29) is 23.6 Å². The van der Waals surface area contributed by atoms with E-state index in [1.165, 1.54) is 0 Å². The van der Waals surface area contributed by atoms with Crippen molar-refractivity contribution < 1.29 is 14.7 Å². The van der Waals surface area contributed by atoms with Crippen molar-refractivity contribution in [1.29, 1.82) is 0 Å². The molecule has 1 aliphatic rings. The van der Waals surface area contributed by atoms with Crippen molar-refractivity contribution in [3.8, 4) is 0 Å². The van der Waals surface area contributed by atoms with E-state index in [9.17, 15) is 9.59 Å². The summed E-state index contributed by atoms with van der Waals surface area (Å²) in [7, 11) is 0. The highest BCUT2D eigenvalue weighted by Gasteiger charge is 2.35. The molecule has 5 nitrogen and oxygen atoms in total. The summed E-state index contributed by atoms with van der Waals surface area (Å²) in [6.45, 7) is 0. The van der Waals surface area contributed by atoms with Crippen LogP contribution in [-0.2, 0) is 4.79 Å². The summed E-state index contributed by atoms with van der Waals surface area (Å²) in [5, 5.41) is 13.1. The number of amides is 1. The molecule has 0 unspecified atom stereocenters. The summed E-state index contributed by atoms with van der Waals surface area (Å²) in [6.07, 6.45) is 0.898. The molecule has 0 radical (unpaired) electrons. The Morgan fingerprint density at radius 3 is 2.67 bits per heavy atom. The number of H-pyrrole nitrogens is 1. The lowest BCUT2D eigenvalue weighted by Crippen LogP contribution is -2.46. The highest BCUT2D eigenvalue weighted by Crippen LogP contribution is 2.31. The molecule has 1 aromatic carbocycles. The Labute approximate surface area is 130 Å². The number of hydrogen-bond acceptors (Lipinski definition) is 2. The summed E-state index contributed by atoms with van der Waals surface area (Å²) < 4.78 is 0. The number of fused-ring (bicyclic) bond motifs is 1. The van der Waals surface area contributed by atoms with Crippen molar-refractivity contribution in [2.75, 3.05) is 0 Å². The van der Waals surface area contributed by atoms with Crippen molar-refractivity contribution in [2.24, 2.45) is 5.92 Å². The van der Waals surface area contributed by atoms with E-state index in [2.05, 4.69) is 10.3 Å². The SMILES string of the molecule is O=C(NC1CC(C(=O)O)C1)c1[nH]c2ccc(Cl)cc2c1Cl. The number of aromatic amines is 1. The zero-order valence-corrected chi connectivity index (χ0v) is 12.3. The number of nitrogens with one attached hydrogen (secondary N) is 2. The van der Waals surface area contributed by atoms with Crippen LogP contribution in [0.5, 0.6) is 0 Å². The number of hydrogen-bond donors (Lipinski definition) is 3. The van der Waals surface area contributed by atoms with Crippen LogP contribution in [0.2, 0.25) is 10.0 Å². The lowest BCUT2D eigenvalue weighted by molar-refractivity contribution is -0.145. The third kappa shape index (κ3) is 2.59. The van der Waals surface area contributed by atoms with Crippen molar-refractivity contribution >= 4 is 46.0 Å². The first-order chi connectivity index (χ1) is 9.95. The Bertz CT molecular complexity index is 735. The third-order valence-corrected chi connectivity index (χ3v) is 4.37. The standard InChI is InChI=1S/C14H12Cl2N2O3/c15-7-1-2-10-9(5-7)11(16)12(18-10)13(19)17-8-3-6(4-8)14(20)21/h1-2,5-6,8,18H,3-4H2,(H,17,19)(H,20,21). The zero-order valence-electron chi connectivity index (χ0n) is 10.8. The van der Waals surface area contributed by atoms with Gasteiger partial charge in [-0.2, -0.15) is 0 Å². The molecule has 0 spiro atoms. The normalized spacial score (nSPS) is 21.0. The maximum Gasteiger partial charge on any atom is 0.306 e. The molecule has 21 heavy (non-hydrogen) atoms. The second kappa shape index (κ2) is 5.24.